The Hall–Kier alpha value is -2.24. The number of carbonyl (C=O) groups is 1. The molecule has 3 N–H and O–H groups in total. The third-order valence-electron chi connectivity index (χ3n) is 3.37. The molecule has 1 fully saturated rings. The summed E-state index contributed by atoms with van der Waals surface area (Å²) in [6.07, 6.45) is 4.43. The highest BCUT2D eigenvalue weighted by molar-refractivity contribution is 5.91. The van der Waals surface area contributed by atoms with Crippen molar-refractivity contribution in [2.24, 2.45) is 0 Å². The number of amides is 2. The Morgan fingerprint density at radius 2 is 2.11 bits per heavy atom. The first kappa shape index (κ1) is 11.8. The van der Waals surface area contributed by atoms with E-state index in [4.69, 9.17) is 4.42 Å². The van der Waals surface area contributed by atoms with Crippen LogP contribution in [-0.2, 0) is 0 Å². The number of fused-ring (bicyclic) bond motifs is 1. The number of nitrogens with one attached hydrogen (secondary N) is 3. The molecular weight excluding hydrogens is 246 g/mol. The Morgan fingerprint density at radius 1 is 1.32 bits per heavy atom. The van der Waals surface area contributed by atoms with Crippen LogP contribution in [0.3, 0.4) is 0 Å². The van der Waals surface area contributed by atoms with Crippen LogP contribution in [0.2, 0.25) is 0 Å². The van der Waals surface area contributed by atoms with E-state index in [1.54, 1.807) is 18.2 Å². The molecule has 1 aromatic carbocycles. The first-order valence-corrected chi connectivity index (χ1v) is 6.41. The fourth-order valence-electron chi connectivity index (χ4n) is 2.45. The van der Waals surface area contributed by atoms with E-state index < -0.39 is 5.76 Å². The van der Waals surface area contributed by atoms with Crippen molar-refractivity contribution < 1.29 is 9.21 Å². The van der Waals surface area contributed by atoms with E-state index in [2.05, 4.69) is 15.6 Å². The van der Waals surface area contributed by atoms with Gasteiger partial charge in [0, 0.05) is 11.7 Å². The molecule has 0 spiro atoms. The van der Waals surface area contributed by atoms with Crippen molar-refractivity contribution in [2.45, 2.75) is 31.7 Å². The van der Waals surface area contributed by atoms with E-state index in [1.165, 1.54) is 12.8 Å². The van der Waals surface area contributed by atoms with E-state index in [0.717, 1.165) is 12.8 Å². The molecule has 100 valence electrons. The van der Waals surface area contributed by atoms with Crippen LogP contribution in [-0.4, -0.2) is 17.1 Å². The normalized spacial score (nSPS) is 15.8. The second kappa shape index (κ2) is 4.79. The largest absolute Gasteiger partial charge is 0.417 e. The average Bonchev–Trinajstić information content (AvgIpc) is 2.96. The van der Waals surface area contributed by atoms with Crippen LogP contribution >= 0.6 is 0 Å². The molecule has 1 aliphatic rings. The molecule has 1 aliphatic carbocycles. The predicted octanol–water partition coefficient (Wildman–Crippen LogP) is 2.19. The lowest BCUT2D eigenvalue weighted by molar-refractivity contribution is 0.248. The number of carbonyl (C=O) groups excluding carboxylic acids is 1. The molecule has 2 aromatic rings. The minimum Gasteiger partial charge on any atom is -0.408 e. The second-order valence-electron chi connectivity index (χ2n) is 4.81. The number of benzene rings is 1. The zero-order valence-electron chi connectivity index (χ0n) is 10.4. The standard InChI is InChI=1S/C13H15N3O3/c17-12(14-8-3-1-2-4-8)15-9-5-6-11-10(7-9)16-13(18)19-11/h5-8H,1-4H2,(H,16,18)(H2,14,15,17). The molecule has 19 heavy (non-hydrogen) atoms. The summed E-state index contributed by atoms with van der Waals surface area (Å²) in [4.78, 5) is 25.4. The van der Waals surface area contributed by atoms with Gasteiger partial charge >= 0.3 is 11.8 Å². The van der Waals surface area contributed by atoms with Gasteiger partial charge in [-0.05, 0) is 31.0 Å². The van der Waals surface area contributed by atoms with Crippen LogP contribution in [0.15, 0.2) is 27.4 Å². The molecule has 0 atom stereocenters. The quantitative estimate of drug-likeness (QED) is 0.774. The molecule has 1 aromatic heterocycles. The number of oxazole rings is 1. The zero-order valence-corrected chi connectivity index (χ0v) is 10.4. The number of hydrogen-bond acceptors (Lipinski definition) is 3. The Bertz CT molecular complexity index is 652. The highest BCUT2D eigenvalue weighted by Crippen LogP contribution is 2.19. The highest BCUT2D eigenvalue weighted by Gasteiger charge is 2.17. The first-order valence-electron chi connectivity index (χ1n) is 6.41. The number of H-pyrrole nitrogens is 1. The number of urea groups is 1. The van der Waals surface area contributed by atoms with Crippen LogP contribution in [0, 0.1) is 0 Å². The van der Waals surface area contributed by atoms with E-state index in [0.29, 0.717) is 16.8 Å². The van der Waals surface area contributed by atoms with E-state index in [1.807, 2.05) is 0 Å². The van der Waals surface area contributed by atoms with Gasteiger partial charge in [-0.2, -0.15) is 0 Å². The lowest BCUT2D eigenvalue weighted by Crippen LogP contribution is -2.36. The van der Waals surface area contributed by atoms with Gasteiger partial charge in [-0.15, -0.1) is 0 Å². The molecule has 0 radical (unpaired) electrons. The van der Waals surface area contributed by atoms with Gasteiger partial charge in [-0.25, -0.2) is 9.59 Å². The van der Waals surface area contributed by atoms with Gasteiger partial charge in [0.05, 0.1) is 5.52 Å². The van der Waals surface area contributed by atoms with Crippen LogP contribution in [0.5, 0.6) is 0 Å². The number of aromatic nitrogens is 1. The van der Waals surface area contributed by atoms with Gasteiger partial charge in [0.15, 0.2) is 5.58 Å². The summed E-state index contributed by atoms with van der Waals surface area (Å²) in [6.45, 7) is 0. The minimum atomic E-state index is -0.498. The van der Waals surface area contributed by atoms with Crippen LogP contribution in [0.4, 0.5) is 10.5 Å². The minimum absolute atomic E-state index is 0.211. The molecule has 2 amide bonds. The number of rotatable bonds is 2. The van der Waals surface area contributed by atoms with Gasteiger partial charge < -0.3 is 15.1 Å². The lowest BCUT2D eigenvalue weighted by Gasteiger charge is -2.12. The lowest BCUT2D eigenvalue weighted by atomic mass is 10.2. The number of hydrogen-bond donors (Lipinski definition) is 3. The van der Waals surface area contributed by atoms with E-state index in [9.17, 15) is 9.59 Å². The predicted molar refractivity (Wildman–Crippen MR) is 71.2 cm³/mol. The Morgan fingerprint density at radius 3 is 2.89 bits per heavy atom. The molecule has 1 saturated carbocycles. The highest BCUT2D eigenvalue weighted by atomic mass is 16.4. The molecule has 1 heterocycles. The average molecular weight is 261 g/mol. The van der Waals surface area contributed by atoms with Gasteiger partial charge in [-0.1, -0.05) is 12.8 Å². The van der Waals surface area contributed by atoms with Crippen molar-refractivity contribution in [3.05, 3.63) is 28.7 Å². The zero-order chi connectivity index (χ0) is 13.2. The van der Waals surface area contributed by atoms with Gasteiger partial charge in [-0.3, -0.25) is 4.98 Å². The molecule has 0 saturated heterocycles. The molecular formula is C13H15N3O3. The van der Waals surface area contributed by atoms with E-state index >= 15 is 0 Å². The number of anilines is 1. The van der Waals surface area contributed by atoms with Crippen LogP contribution in [0.25, 0.3) is 11.1 Å². The summed E-state index contributed by atoms with van der Waals surface area (Å²) in [5.41, 5.74) is 1.68. The summed E-state index contributed by atoms with van der Waals surface area (Å²) in [7, 11) is 0. The summed E-state index contributed by atoms with van der Waals surface area (Å²) in [5.74, 6) is -0.498. The third-order valence-corrected chi connectivity index (χ3v) is 3.37. The van der Waals surface area contributed by atoms with Crippen LogP contribution < -0.4 is 16.4 Å². The van der Waals surface area contributed by atoms with Gasteiger partial charge in [0.25, 0.3) is 0 Å². The maximum atomic E-state index is 11.8. The molecule has 3 rings (SSSR count). The summed E-state index contributed by atoms with van der Waals surface area (Å²) in [5, 5.41) is 5.69. The monoisotopic (exact) mass is 261 g/mol. The summed E-state index contributed by atoms with van der Waals surface area (Å²) >= 11 is 0. The maximum absolute atomic E-state index is 11.8. The SMILES string of the molecule is O=C(Nc1ccc2oc(=O)[nH]c2c1)NC1CCCC1. The number of aromatic amines is 1. The van der Waals surface area contributed by atoms with E-state index in [-0.39, 0.29) is 12.1 Å². The van der Waals surface area contributed by atoms with Crippen molar-refractivity contribution >= 4 is 22.8 Å². The Labute approximate surface area is 109 Å². The van der Waals surface area contributed by atoms with Crippen molar-refractivity contribution in [3.63, 3.8) is 0 Å². The fraction of sp³-hybridized carbons (Fsp3) is 0.385. The van der Waals surface area contributed by atoms with Gasteiger partial charge in [0.2, 0.25) is 0 Å². The molecule has 0 bridgehead atoms. The van der Waals surface area contributed by atoms with Crippen molar-refractivity contribution in [1.82, 2.24) is 10.3 Å². The second-order valence-corrected chi connectivity index (χ2v) is 4.81. The fourth-order valence-corrected chi connectivity index (χ4v) is 2.45. The van der Waals surface area contributed by atoms with Crippen molar-refractivity contribution in [1.29, 1.82) is 0 Å². The smallest absolute Gasteiger partial charge is 0.408 e. The summed E-state index contributed by atoms with van der Waals surface area (Å²) < 4.78 is 4.90. The third kappa shape index (κ3) is 2.62. The summed E-state index contributed by atoms with van der Waals surface area (Å²) in [6, 6.07) is 5.09. The molecule has 6 heteroatoms. The van der Waals surface area contributed by atoms with Crippen LogP contribution in [0.1, 0.15) is 25.7 Å². The van der Waals surface area contributed by atoms with Gasteiger partial charge in [0.1, 0.15) is 0 Å². The van der Waals surface area contributed by atoms with Crippen molar-refractivity contribution in [2.75, 3.05) is 5.32 Å². The Kier molecular flexibility index (Phi) is 2.98. The molecule has 6 nitrogen and oxygen atoms in total. The maximum Gasteiger partial charge on any atom is 0.417 e. The first-order chi connectivity index (χ1) is 9.20. The van der Waals surface area contributed by atoms with Crippen molar-refractivity contribution in [3.8, 4) is 0 Å². The molecule has 0 aliphatic heterocycles. The Balaban J connectivity index is 1.69. The topological polar surface area (TPSA) is 87.1 Å². The molecule has 0 unspecified atom stereocenters.